The van der Waals surface area contributed by atoms with Crippen LogP contribution < -0.4 is 4.74 Å². The molecular weight excluding hydrogens is 415 g/mol. The van der Waals surface area contributed by atoms with Crippen molar-refractivity contribution in [2.45, 2.75) is 36.7 Å². The number of benzene rings is 2. The third kappa shape index (κ3) is 4.07. The molecule has 31 heavy (non-hydrogen) atoms. The fourth-order valence-corrected chi connectivity index (χ4v) is 4.68. The molecule has 0 N–H and O–H groups in total. The topological polar surface area (TPSA) is 66.0 Å². The molecule has 6 nitrogen and oxygen atoms in total. The first-order valence-electron chi connectivity index (χ1n) is 10.1. The first-order chi connectivity index (χ1) is 15.2. The predicted octanol–water partition coefficient (Wildman–Crippen LogP) is 4.77. The minimum atomic E-state index is -0.247. The van der Waals surface area contributed by atoms with E-state index < -0.39 is 0 Å². The van der Waals surface area contributed by atoms with Crippen LogP contribution >= 0.6 is 11.8 Å². The summed E-state index contributed by atoms with van der Waals surface area (Å²) in [5.74, 6) is 1.75. The number of hydrogen-bond donors (Lipinski definition) is 0. The zero-order valence-corrected chi connectivity index (χ0v) is 17.9. The maximum Gasteiger partial charge on any atom is 0.276 e. The SMILES string of the molecule is COc1ccccc1Cc1nnc(SCc2nn(-c3ccc(F)cc3)c3c2CCC3)o1. The van der Waals surface area contributed by atoms with Crippen LogP contribution in [0.5, 0.6) is 5.75 Å². The van der Waals surface area contributed by atoms with Crippen molar-refractivity contribution < 1.29 is 13.5 Å². The Bertz CT molecular complexity index is 1200. The molecule has 0 saturated heterocycles. The van der Waals surface area contributed by atoms with E-state index in [2.05, 4.69) is 10.2 Å². The number of thioether (sulfide) groups is 1. The molecule has 158 valence electrons. The van der Waals surface area contributed by atoms with Crippen LogP contribution in [0.2, 0.25) is 0 Å². The van der Waals surface area contributed by atoms with Gasteiger partial charge < -0.3 is 9.15 Å². The summed E-state index contributed by atoms with van der Waals surface area (Å²) in [6, 6.07) is 14.3. The minimum absolute atomic E-state index is 0.247. The first kappa shape index (κ1) is 19.8. The van der Waals surface area contributed by atoms with Crippen molar-refractivity contribution in [2.24, 2.45) is 0 Å². The summed E-state index contributed by atoms with van der Waals surface area (Å²) in [6.07, 6.45) is 3.62. The third-order valence-corrected chi connectivity index (χ3v) is 6.23. The van der Waals surface area contributed by atoms with Crippen LogP contribution in [0.1, 0.15) is 34.8 Å². The van der Waals surface area contributed by atoms with Gasteiger partial charge in [0.15, 0.2) is 0 Å². The molecule has 0 aliphatic heterocycles. The van der Waals surface area contributed by atoms with Crippen molar-refractivity contribution in [3.05, 3.63) is 82.8 Å². The van der Waals surface area contributed by atoms with Gasteiger partial charge in [0, 0.05) is 17.0 Å². The van der Waals surface area contributed by atoms with Gasteiger partial charge in [-0.05, 0) is 55.2 Å². The standard InChI is InChI=1S/C23H21FN4O2S/c1-29-21-8-3-2-5-15(21)13-22-25-26-23(30-22)31-14-19-18-6-4-7-20(18)28(27-19)17-11-9-16(24)10-12-17/h2-3,5,8-12H,4,6-7,13-14H2,1H3. The maximum absolute atomic E-state index is 13.3. The van der Waals surface area contributed by atoms with Gasteiger partial charge in [-0.25, -0.2) is 9.07 Å². The van der Waals surface area contributed by atoms with Crippen LogP contribution in [0.25, 0.3) is 5.69 Å². The summed E-state index contributed by atoms with van der Waals surface area (Å²) in [5.41, 5.74) is 5.40. The summed E-state index contributed by atoms with van der Waals surface area (Å²) >= 11 is 1.48. The molecule has 0 fully saturated rings. The van der Waals surface area contributed by atoms with Crippen LogP contribution in [0.3, 0.4) is 0 Å². The predicted molar refractivity (Wildman–Crippen MR) is 115 cm³/mol. The molecule has 1 aliphatic carbocycles. The molecule has 0 saturated carbocycles. The van der Waals surface area contributed by atoms with Crippen molar-refractivity contribution in [3.8, 4) is 11.4 Å². The summed E-state index contributed by atoms with van der Waals surface area (Å²) < 4.78 is 26.5. The molecule has 2 aromatic carbocycles. The maximum atomic E-state index is 13.3. The average molecular weight is 437 g/mol. The Labute approximate surface area is 183 Å². The zero-order chi connectivity index (χ0) is 21.2. The highest BCUT2D eigenvalue weighted by atomic mass is 32.2. The van der Waals surface area contributed by atoms with E-state index in [0.717, 1.165) is 42.0 Å². The van der Waals surface area contributed by atoms with E-state index in [4.69, 9.17) is 14.3 Å². The zero-order valence-electron chi connectivity index (χ0n) is 17.0. The van der Waals surface area contributed by atoms with Crippen LogP contribution in [0, 0.1) is 5.82 Å². The number of aromatic nitrogens is 4. The van der Waals surface area contributed by atoms with Crippen molar-refractivity contribution >= 4 is 11.8 Å². The fourth-order valence-electron chi connectivity index (χ4n) is 3.94. The highest BCUT2D eigenvalue weighted by Gasteiger charge is 2.23. The van der Waals surface area contributed by atoms with E-state index >= 15 is 0 Å². The van der Waals surface area contributed by atoms with Crippen LogP contribution in [-0.2, 0) is 25.0 Å². The van der Waals surface area contributed by atoms with E-state index in [1.165, 1.54) is 35.2 Å². The van der Waals surface area contributed by atoms with Crippen molar-refractivity contribution in [2.75, 3.05) is 7.11 Å². The second-order valence-corrected chi connectivity index (χ2v) is 8.28. The molecule has 0 bridgehead atoms. The third-order valence-electron chi connectivity index (χ3n) is 5.40. The number of rotatable bonds is 7. The minimum Gasteiger partial charge on any atom is -0.496 e. The first-order valence-corrected chi connectivity index (χ1v) is 11.1. The molecule has 0 amide bonds. The van der Waals surface area contributed by atoms with E-state index in [1.54, 1.807) is 19.2 Å². The van der Waals surface area contributed by atoms with Crippen molar-refractivity contribution in [3.63, 3.8) is 0 Å². The number of ether oxygens (including phenoxy) is 1. The number of halogens is 1. The molecule has 4 aromatic rings. The lowest BCUT2D eigenvalue weighted by atomic mass is 10.1. The van der Waals surface area contributed by atoms with E-state index in [1.807, 2.05) is 28.9 Å². The average Bonchev–Trinajstić information content (AvgIpc) is 3.51. The quantitative estimate of drug-likeness (QED) is 0.389. The summed E-state index contributed by atoms with van der Waals surface area (Å²) in [7, 11) is 1.65. The van der Waals surface area contributed by atoms with E-state index in [0.29, 0.717) is 23.3 Å². The lowest BCUT2D eigenvalue weighted by Crippen LogP contribution is -2.01. The molecule has 0 unspecified atom stereocenters. The second kappa shape index (κ2) is 8.55. The molecule has 0 atom stereocenters. The highest BCUT2D eigenvalue weighted by molar-refractivity contribution is 7.98. The van der Waals surface area contributed by atoms with Gasteiger partial charge >= 0.3 is 0 Å². The lowest BCUT2D eigenvalue weighted by molar-refractivity contribution is 0.400. The smallest absolute Gasteiger partial charge is 0.276 e. The van der Waals surface area contributed by atoms with Crippen molar-refractivity contribution in [1.82, 2.24) is 20.0 Å². The molecule has 8 heteroatoms. The molecule has 2 heterocycles. The Morgan fingerprint density at radius 3 is 2.77 bits per heavy atom. The van der Waals surface area contributed by atoms with Gasteiger partial charge in [-0.2, -0.15) is 5.10 Å². The Kier molecular flexibility index (Phi) is 5.46. The van der Waals surface area contributed by atoms with Gasteiger partial charge in [-0.3, -0.25) is 0 Å². The summed E-state index contributed by atoms with van der Waals surface area (Å²) in [4.78, 5) is 0. The number of para-hydroxylation sites is 1. The van der Waals surface area contributed by atoms with Crippen LogP contribution in [0.4, 0.5) is 4.39 Å². The Hall–Kier alpha value is -3.13. The fraction of sp³-hybridized carbons (Fsp3) is 0.261. The largest absolute Gasteiger partial charge is 0.496 e. The number of nitrogens with zero attached hydrogens (tertiary/aromatic N) is 4. The summed E-state index contributed by atoms with van der Waals surface area (Å²) in [5, 5.41) is 13.7. The molecule has 0 spiro atoms. The van der Waals surface area contributed by atoms with Crippen LogP contribution in [0.15, 0.2) is 58.2 Å². The highest BCUT2D eigenvalue weighted by Crippen LogP contribution is 2.32. The van der Waals surface area contributed by atoms with Gasteiger partial charge in [0.2, 0.25) is 5.89 Å². The van der Waals surface area contributed by atoms with Crippen molar-refractivity contribution in [1.29, 1.82) is 0 Å². The molecule has 0 radical (unpaired) electrons. The Morgan fingerprint density at radius 1 is 1.10 bits per heavy atom. The van der Waals surface area contributed by atoms with Gasteiger partial charge in [-0.15, -0.1) is 10.2 Å². The molecule has 1 aliphatic rings. The van der Waals surface area contributed by atoms with E-state index in [9.17, 15) is 4.39 Å². The van der Waals surface area contributed by atoms with Gasteiger partial charge in [0.1, 0.15) is 11.6 Å². The van der Waals surface area contributed by atoms with Gasteiger partial charge in [0.25, 0.3) is 5.22 Å². The summed E-state index contributed by atoms with van der Waals surface area (Å²) in [6.45, 7) is 0. The number of methoxy groups -OCH3 is 1. The Morgan fingerprint density at radius 2 is 1.94 bits per heavy atom. The second-order valence-electron chi connectivity index (χ2n) is 7.35. The molecule has 2 aromatic heterocycles. The normalized spacial score (nSPS) is 12.8. The Balaban J connectivity index is 1.31. The molecule has 5 rings (SSSR count). The molecular formula is C23H21FN4O2S. The van der Waals surface area contributed by atoms with Crippen LogP contribution in [-0.4, -0.2) is 27.1 Å². The number of hydrogen-bond acceptors (Lipinski definition) is 6. The van der Waals surface area contributed by atoms with Gasteiger partial charge in [0.05, 0.1) is 24.9 Å². The van der Waals surface area contributed by atoms with Gasteiger partial charge in [-0.1, -0.05) is 30.0 Å². The monoisotopic (exact) mass is 436 g/mol. The lowest BCUT2D eigenvalue weighted by Gasteiger charge is -2.05. The number of fused-ring (bicyclic) bond motifs is 1. The van der Waals surface area contributed by atoms with E-state index in [-0.39, 0.29) is 5.82 Å².